The predicted octanol–water partition coefficient (Wildman–Crippen LogP) is 15.5. The fourth-order valence-corrected chi connectivity index (χ4v) is 12.7. The van der Waals surface area contributed by atoms with Crippen molar-refractivity contribution in [3.63, 3.8) is 0 Å². The average Bonchev–Trinajstić information content (AvgIpc) is 3.85. The van der Waals surface area contributed by atoms with E-state index in [4.69, 9.17) is 19.4 Å². The van der Waals surface area contributed by atoms with Crippen LogP contribution < -0.4 is 9.80 Å². The summed E-state index contributed by atoms with van der Waals surface area (Å²) in [5, 5.41) is 0. The first-order chi connectivity index (χ1) is 29.0. The first-order valence-electron chi connectivity index (χ1n) is 22.3. The van der Waals surface area contributed by atoms with E-state index in [9.17, 15) is 0 Å². The van der Waals surface area contributed by atoms with Crippen molar-refractivity contribution in [2.24, 2.45) is 5.41 Å². The molecule has 0 spiro atoms. The molecule has 1 unspecified atom stereocenters. The Morgan fingerprint density at radius 3 is 1.38 bits per heavy atom. The van der Waals surface area contributed by atoms with Crippen LogP contribution in [0.4, 0.5) is 11.4 Å². The van der Waals surface area contributed by atoms with Gasteiger partial charge in [-0.15, -0.1) is 10.8 Å². The number of nitrogens with zero attached hydrogens (tertiary/aromatic N) is 2. The van der Waals surface area contributed by atoms with Crippen LogP contribution in [-0.2, 0) is 44.6 Å². The van der Waals surface area contributed by atoms with E-state index in [-0.39, 0.29) is 21.9 Å². The summed E-state index contributed by atoms with van der Waals surface area (Å²) in [5.74, 6) is 0. The van der Waals surface area contributed by atoms with E-state index in [1.54, 1.807) is 0 Å². The van der Waals surface area contributed by atoms with Crippen molar-refractivity contribution < 1.29 is 13.5 Å². The van der Waals surface area contributed by atoms with Crippen LogP contribution >= 0.6 is 19.4 Å². The molecule has 1 atom stereocenters. The topological polar surface area (TPSA) is 6.48 Å². The second-order valence-electron chi connectivity index (χ2n) is 19.0. The maximum atomic E-state index is 6.19. The molecule has 5 aromatic rings. The molecule has 2 aliphatic heterocycles. The Bertz CT molecular complexity index is 2290. The number of para-hydroxylation sites is 2. The minimum absolute atomic E-state index is 0.0800. The van der Waals surface area contributed by atoms with Crippen LogP contribution in [0.2, 0.25) is 0 Å². The standard InChI is InChI=1S/C23H30N.C18H28N.C15H10.2ClH.Ru/c1-6-18-12-11-13-19(7-2)21(18)24-17-23(5,16-22(24,3)4)20-14-9-8-10-15-20;1-7-14-10-9-11-15(8-2)16(14)19-13-17(3,4)12-18(19,5)6;1-2-6-12(7-3-1)15-11-10-13-8-4-5-9-14(13)15;;;/h8-15,17H,6-7,16H2,1-5H3;9-11,13H,7-8,12H2,1-6H3;1-9,11H;2*1H;/q2*-1;;;;+2/p-2. The fourth-order valence-electron chi connectivity index (χ4n) is 10.2. The van der Waals surface area contributed by atoms with Crippen molar-refractivity contribution in [1.82, 2.24) is 0 Å². The Balaban J connectivity index is 0.000000155. The molecule has 2 nitrogen and oxygen atoms in total. The van der Waals surface area contributed by atoms with E-state index < -0.39 is 13.5 Å². The Morgan fingerprint density at radius 1 is 0.508 bits per heavy atom. The molecule has 0 radical (unpaired) electrons. The summed E-state index contributed by atoms with van der Waals surface area (Å²) in [4.78, 5) is 5.11. The molecule has 0 aromatic heterocycles. The molecule has 326 valence electrons. The number of allylic oxidation sites excluding steroid dienone is 1. The van der Waals surface area contributed by atoms with Gasteiger partial charge >= 0.3 is 120 Å². The number of rotatable bonds is 8. The Morgan fingerprint density at radius 2 is 0.934 bits per heavy atom. The summed E-state index contributed by atoms with van der Waals surface area (Å²) in [6.07, 6.45) is 8.84. The van der Waals surface area contributed by atoms with E-state index in [1.807, 2.05) is 24.3 Å². The number of fused-ring (bicyclic) bond motifs is 1. The number of hydrogen-bond donors (Lipinski definition) is 0. The molecule has 2 saturated heterocycles. The normalized spacial score (nSPS) is 19.7. The van der Waals surface area contributed by atoms with E-state index in [2.05, 4.69) is 202 Å². The molecule has 0 amide bonds. The van der Waals surface area contributed by atoms with Crippen LogP contribution in [0, 0.1) is 18.5 Å². The molecule has 0 saturated carbocycles. The van der Waals surface area contributed by atoms with Crippen molar-refractivity contribution in [3.05, 3.63) is 185 Å². The van der Waals surface area contributed by atoms with Gasteiger partial charge in [0.25, 0.3) is 0 Å². The van der Waals surface area contributed by atoms with Gasteiger partial charge in [-0.2, -0.15) is 0 Å². The monoisotopic (exact) mass is 940 g/mol. The maximum absolute atomic E-state index is 6.19. The molecule has 0 N–H and O–H groups in total. The molecule has 2 heterocycles. The van der Waals surface area contributed by atoms with Gasteiger partial charge in [-0.25, -0.2) is 13.1 Å². The van der Waals surface area contributed by atoms with Crippen LogP contribution in [-0.4, -0.2) is 15.2 Å². The molecule has 5 heteroatoms. The quantitative estimate of drug-likeness (QED) is 0.113. The number of aryl methyl sites for hydroxylation is 4. The summed E-state index contributed by atoms with van der Waals surface area (Å²) in [6, 6.07) is 43.2. The van der Waals surface area contributed by atoms with Crippen LogP contribution in [0.5, 0.6) is 0 Å². The van der Waals surface area contributed by atoms with Crippen LogP contribution in [0.15, 0.2) is 127 Å². The third-order valence-corrected chi connectivity index (χ3v) is 15.8. The zero-order valence-electron chi connectivity index (χ0n) is 38.5. The van der Waals surface area contributed by atoms with Gasteiger partial charge < -0.3 is 9.80 Å². The van der Waals surface area contributed by atoms with Crippen molar-refractivity contribution in [3.8, 4) is 0 Å². The zero-order valence-corrected chi connectivity index (χ0v) is 41.8. The third-order valence-electron chi connectivity index (χ3n) is 12.7. The predicted molar refractivity (Wildman–Crippen MR) is 265 cm³/mol. The number of hydrogen-bond acceptors (Lipinski definition) is 2. The fraction of sp³-hybridized carbons (Fsp3) is 0.375. The van der Waals surface area contributed by atoms with Crippen molar-refractivity contribution >= 4 is 40.4 Å². The van der Waals surface area contributed by atoms with Gasteiger partial charge in [0.1, 0.15) is 0 Å². The average molecular weight is 941 g/mol. The Labute approximate surface area is 382 Å². The molecule has 2 fully saturated rings. The van der Waals surface area contributed by atoms with E-state index in [0.717, 1.165) is 36.2 Å². The van der Waals surface area contributed by atoms with Gasteiger partial charge in [0.15, 0.2) is 0 Å². The summed E-state index contributed by atoms with van der Waals surface area (Å²) < 4.78 is 1.12. The van der Waals surface area contributed by atoms with E-state index in [0.29, 0.717) is 0 Å². The minimum atomic E-state index is -1.88. The van der Waals surface area contributed by atoms with E-state index >= 15 is 0 Å². The summed E-state index contributed by atoms with van der Waals surface area (Å²) >= 11 is -1.88. The molecule has 1 aliphatic carbocycles. The Kier molecular flexibility index (Phi) is 15.0. The molecule has 5 aromatic carbocycles. The van der Waals surface area contributed by atoms with Crippen molar-refractivity contribution in [2.75, 3.05) is 9.80 Å². The summed E-state index contributed by atoms with van der Waals surface area (Å²) in [6.45, 7) is 30.5. The summed E-state index contributed by atoms with van der Waals surface area (Å²) in [7, 11) is 12.4. The van der Waals surface area contributed by atoms with E-state index in [1.165, 1.54) is 67.9 Å². The van der Waals surface area contributed by atoms with Gasteiger partial charge in [-0.3, -0.25) is 0 Å². The van der Waals surface area contributed by atoms with Gasteiger partial charge in [-0.1, -0.05) is 127 Å². The molecule has 8 rings (SSSR count). The number of anilines is 2. The van der Waals surface area contributed by atoms with Gasteiger partial charge in [0.2, 0.25) is 0 Å². The van der Waals surface area contributed by atoms with Gasteiger partial charge in [0.05, 0.1) is 0 Å². The molecular formula is C56H68Cl2N2Ru-2. The van der Waals surface area contributed by atoms with Gasteiger partial charge in [-0.05, 0) is 82.1 Å². The second kappa shape index (κ2) is 19.5. The molecular weight excluding hydrogens is 873 g/mol. The number of halogens is 2. The molecule has 0 bridgehead atoms. The van der Waals surface area contributed by atoms with Crippen LogP contribution in [0.25, 0.3) is 5.57 Å². The van der Waals surface area contributed by atoms with Gasteiger partial charge in [0, 0.05) is 22.5 Å². The molecule has 3 aliphatic rings. The van der Waals surface area contributed by atoms with Crippen LogP contribution in [0.3, 0.4) is 0 Å². The number of benzene rings is 5. The third kappa shape index (κ3) is 10.3. The summed E-state index contributed by atoms with van der Waals surface area (Å²) in [5.41, 5.74) is 15.7. The van der Waals surface area contributed by atoms with Crippen molar-refractivity contribution in [1.29, 1.82) is 0 Å². The Hall–Kier alpha value is -3.49. The molecule has 61 heavy (non-hydrogen) atoms. The second-order valence-corrected chi connectivity index (χ2v) is 24.8. The van der Waals surface area contributed by atoms with Crippen molar-refractivity contribution in [2.45, 2.75) is 131 Å². The zero-order chi connectivity index (χ0) is 44.2. The SMILES string of the molecule is CCc1cccc(CC)c1N1[CH-]C(C)(C)CC1(C)C.CCc1cccc(CC)c1N1[CH-]C(C)(c2ccccc2)CC1(C)C.[Cl][Ru]([Cl])=[C]1C=C(c2ccccc2)c2ccccc21. The first kappa shape index (κ1) is 47.0. The van der Waals surface area contributed by atoms with Crippen LogP contribution in [0.1, 0.15) is 134 Å². The first-order valence-corrected chi connectivity index (χ1v) is 27.6.